The summed E-state index contributed by atoms with van der Waals surface area (Å²) in [5.41, 5.74) is 0.762. The lowest BCUT2D eigenvalue weighted by atomic mass is 10.2. The van der Waals surface area contributed by atoms with Crippen molar-refractivity contribution in [2.45, 2.75) is 6.54 Å². The Kier molecular flexibility index (Phi) is 4.58. The maximum atomic E-state index is 13.4. The first-order chi connectivity index (χ1) is 12.5. The molecular weight excluding hydrogens is 359 g/mol. The van der Waals surface area contributed by atoms with Gasteiger partial charge in [-0.2, -0.15) is 0 Å². The van der Waals surface area contributed by atoms with Gasteiger partial charge in [0.2, 0.25) is 5.88 Å². The van der Waals surface area contributed by atoms with Crippen LogP contribution in [-0.2, 0) is 13.6 Å². The third-order valence-corrected chi connectivity index (χ3v) is 5.48. The van der Waals surface area contributed by atoms with Crippen LogP contribution in [0, 0.1) is 23.6 Å². The second-order valence-electron chi connectivity index (χ2n) is 7.02. The zero-order valence-corrected chi connectivity index (χ0v) is 15.1. The van der Waals surface area contributed by atoms with E-state index in [2.05, 4.69) is 10.3 Å². The zero-order chi connectivity index (χ0) is 18.3. The highest BCUT2D eigenvalue weighted by Gasteiger charge is 2.53. The lowest BCUT2D eigenvalue weighted by Crippen LogP contribution is -2.36. The van der Waals surface area contributed by atoms with E-state index in [0.29, 0.717) is 30.8 Å². The zero-order valence-electron chi connectivity index (χ0n) is 14.4. The van der Waals surface area contributed by atoms with Gasteiger partial charge >= 0.3 is 6.09 Å². The summed E-state index contributed by atoms with van der Waals surface area (Å²) in [6.07, 6.45) is 2.76. The Labute approximate surface area is 155 Å². The van der Waals surface area contributed by atoms with Crippen LogP contribution in [0.4, 0.5) is 9.18 Å². The molecule has 2 heterocycles. The lowest BCUT2D eigenvalue weighted by Gasteiger charge is -2.22. The van der Waals surface area contributed by atoms with E-state index in [1.54, 1.807) is 41.2 Å². The summed E-state index contributed by atoms with van der Waals surface area (Å²) in [5, 5.41) is 3.40. The molecule has 4 rings (SSSR count). The average molecular weight is 379 g/mol. The fraction of sp³-hybridized carbons (Fsp3) is 0.444. The van der Waals surface area contributed by atoms with E-state index in [4.69, 9.17) is 16.3 Å². The van der Waals surface area contributed by atoms with Gasteiger partial charge in [-0.3, -0.25) is 0 Å². The fourth-order valence-corrected chi connectivity index (χ4v) is 3.93. The van der Waals surface area contributed by atoms with Crippen LogP contribution in [0.3, 0.4) is 0 Å². The van der Waals surface area contributed by atoms with Gasteiger partial charge in [0.25, 0.3) is 0 Å². The van der Waals surface area contributed by atoms with E-state index in [0.717, 1.165) is 18.7 Å². The van der Waals surface area contributed by atoms with Gasteiger partial charge in [0.05, 0.1) is 17.5 Å². The number of carbonyl (C=O) groups is 1. The number of nitrogens with one attached hydrogen (secondary N) is 1. The van der Waals surface area contributed by atoms with Crippen LogP contribution in [-0.4, -0.2) is 40.2 Å². The topological polar surface area (TPSA) is 59.4 Å². The number of rotatable bonds is 5. The number of imidazole rings is 1. The first-order valence-electron chi connectivity index (χ1n) is 8.60. The molecule has 1 aromatic carbocycles. The minimum absolute atomic E-state index is 0.0491. The molecule has 1 aromatic heterocycles. The Morgan fingerprint density at radius 2 is 2.23 bits per heavy atom. The minimum atomic E-state index is -0.471. The molecule has 1 saturated heterocycles. The van der Waals surface area contributed by atoms with Gasteiger partial charge in [0, 0.05) is 20.1 Å². The van der Waals surface area contributed by atoms with Crippen molar-refractivity contribution in [2.24, 2.45) is 24.8 Å². The number of hydrogen-bond acceptors (Lipinski definition) is 4. The SMILES string of the molecule is Cn1cnc(OC(=O)N(Cc2ccc(F)c(Cl)c2)CC2C3CNCC32)c1. The molecule has 2 fully saturated rings. The Morgan fingerprint density at radius 1 is 1.46 bits per heavy atom. The third kappa shape index (κ3) is 3.54. The van der Waals surface area contributed by atoms with Crippen LogP contribution in [0.25, 0.3) is 0 Å². The van der Waals surface area contributed by atoms with Crippen LogP contribution >= 0.6 is 11.6 Å². The molecular formula is C18H20ClFN4O2. The monoisotopic (exact) mass is 378 g/mol. The molecule has 138 valence electrons. The van der Waals surface area contributed by atoms with E-state index < -0.39 is 11.9 Å². The molecule has 2 aromatic rings. The molecule has 2 aliphatic rings. The smallest absolute Gasteiger partial charge is 0.389 e. The summed E-state index contributed by atoms with van der Waals surface area (Å²) in [7, 11) is 1.81. The van der Waals surface area contributed by atoms with Gasteiger partial charge in [0.1, 0.15) is 5.82 Å². The first kappa shape index (κ1) is 17.3. The highest BCUT2D eigenvalue weighted by Crippen LogP contribution is 2.49. The van der Waals surface area contributed by atoms with E-state index in [1.165, 1.54) is 6.07 Å². The van der Waals surface area contributed by atoms with Crippen LogP contribution in [0.5, 0.6) is 5.88 Å². The molecule has 1 N–H and O–H groups in total. The molecule has 2 atom stereocenters. The van der Waals surface area contributed by atoms with Crippen molar-refractivity contribution in [3.63, 3.8) is 0 Å². The van der Waals surface area contributed by atoms with Crippen molar-refractivity contribution in [2.75, 3.05) is 19.6 Å². The van der Waals surface area contributed by atoms with Crippen molar-refractivity contribution in [3.05, 3.63) is 47.1 Å². The normalized spacial score (nSPS) is 23.6. The number of nitrogens with zero attached hydrogens (tertiary/aromatic N) is 3. The molecule has 0 spiro atoms. The Bertz CT molecular complexity index is 817. The van der Waals surface area contributed by atoms with Gasteiger partial charge in [-0.05, 0) is 48.5 Å². The molecule has 1 amide bonds. The number of aryl methyl sites for hydroxylation is 1. The molecule has 1 aliphatic carbocycles. The molecule has 0 bridgehead atoms. The van der Waals surface area contributed by atoms with Crippen LogP contribution < -0.4 is 10.1 Å². The van der Waals surface area contributed by atoms with Crippen molar-refractivity contribution >= 4 is 17.7 Å². The van der Waals surface area contributed by atoms with Gasteiger partial charge in [-0.25, -0.2) is 14.2 Å². The van der Waals surface area contributed by atoms with E-state index >= 15 is 0 Å². The number of amides is 1. The maximum absolute atomic E-state index is 13.4. The number of carbonyl (C=O) groups excluding carboxylic acids is 1. The van der Waals surface area contributed by atoms with Crippen LogP contribution in [0.1, 0.15) is 5.56 Å². The summed E-state index contributed by atoms with van der Waals surface area (Å²) in [6, 6.07) is 4.50. The van der Waals surface area contributed by atoms with E-state index in [1.807, 2.05) is 0 Å². The Balaban J connectivity index is 1.48. The van der Waals surface area contributed by atoms with Crippen molar-refractivity contribution in [3.8, 4) is 5.88 Å². The van der Waals surface area contributed by atoms with E-state index in [-0.39, 0.29) is 10.9 Å². The second kappa shape index (κ2) is 6.89. The lowest BCUT2D eigenvalue weighted by molar-refractivity contribution is 0.143. The van der Waals surface area contributed by atoms with Crippen molar-refractivity contribution in [1.29, 1.82) is 0 Å². The first-order valence-corrected chi connectivity index (χ1v) is 8.98. The highest BCUT2D eigenvalue weighted by molar-refractivity contribution is 6.30. The molecule has 26 heavy (non-hydrogen) atoms. The molecule has 2 unspecified atom stereocenters. The molecule has 8 heteroatoms. The minimum Gasteiger partial charge on any atom is -0.389 e. The predicted octanol–water partition coefficient (Wildman–Crippen LogP) is 2.68. The summed E-state index contributed by atoms with van der Waals surface area (Å²) < 4.78 is 20.5. The number of hydrogen-bond donors (Lipinski definition) is 1. The Hall–Kier alpha value is -2.12. The average Bonchev–Trinajstić information content (AvgIpc) is 2.94. The molecule has 6 nitrogen and oxygen atoms in total. The molecule has 1 aliphatic heterocycles. The van der Waals surface area contributed by atoms with Crippen LogP contribution in [0.15, 0.2) is 30.7 Å². The summed E-state index contributed by atoms with van der Waals surface area (Å²) in [6.45, 7) is 2.92. The number of aromatic nitrogens is 2. The quantitative estimate of drug-likeness (QED) is 0.869. The molecule has 1 saturated carbocycles. The number of piperidine rings is 1. The van der Waals surface area contributed by atoms with Gasteiger partial charge in [-0.15, -0.1) is 0 Å². The highest BCUT2D eigenvalue weighted by atomic mass is 35.5. The second-order valence-corrected chi connectivity index (χ2v) is 7.43. The number of fused-ring (bicyclic) bond motifs is 1. The summed E-state index contributed by atoms with van der Waals surface area (Å²) >= 11 is 5.87. The number of benzene rings is 1. The van der Waals surface area contributed by atoms with Crippen molar-refractivity contribution in [1.82, 2.24) is 19.8 Å². The Morgan fingerprint density at radius 3 is 2.88 bits per heavy atom. The van der Waals surface area contributed by atoms with Gasteiger partial charge in [-0.1, -0.05) is 17.7 Å². The standard InChI is InChI=1S/C18H20ClFN4O2/c1-23-9-17(22-10-23)26-18(25)24(8-14-12-5-21-6-13(12)14)7-11-2-3-16(20)15(19)4-11/h2-4,9-10,12-14,21H,5-8H2,1H3. The van der Waals surface area contributed by atoms with Crippen molar-refractivity contribution < 1.29 is 13.9 Å². The third-order valence-electron chi connectivity index (χ3n) is 5.19. The molecule has 0 radical (unpaired) electrons. The number of ether oxygens (including phenoxy) is 1. The summed E-state index contributed by atoms with van der Waals surface area (Å²) in [5.74, 6) is 1.51. The van der Waals surface area contributed by atoms with Gasteiger partial charge in [0.15, 0.2) is 0 Å². The largest absolute Gasteiger partial charge is 0.416 e. The summed E-state index contributed by atoms with van der Waals surface area (Å²) in [4.78, 5) is 18.4. The van der Waals surface area contributed by atoms with Crippen LogP contribution in [0.2, 0.25) is 5.02 Å². The fourth-order valence-electron chi connectivity index (χ4n) is 3.73. The maximum Gasteiger partial charge on any atom is 0.416 e. The van der Waals surface area contributed by atoms with E-state index in [9.17, 15) is 9.18 Å². The number of halogens is 2. The van der Waals surface area contributed by atoms with Gasteiger partial charge < -0.3 is 19.5 Å². The predicted molar refractivity (Wildman–Crippen MR) is 94.4 cm³/mol.